The van der Waals surface area contributed by atoms with Crippen molar-refractivity contribution in [3.8, 4) is 0 Å². The van der Waals surface area contributed by atoms with E-state index in [0.717, 1.165) is 12.0 Å². The van der Waals surface area contributed by atoms with Crippen molar-refractivity contribution in [3.05, 3.63) is 29.8 Å². The van der Waals surface area contributed by atoms with Crippen molar-refractivity contribution in [1.29, 1.82) is 0 Å². The lowest BCUT2D eigenvalue weighted by Gasteiger charge is -2.06. The van der Waals surface area contributed by atoms with Crippen LogP contribution in [0.1, 0.15) is 12.5 Å². The Morgan fingerprint density at radius 3 is 2.32 bits per heavy atom. The smallest absolute Gasteiger partial charge is 0.349 e. The number of hydrazone groups is 1. The number of guanidine groups is 1. The number of sulfonamides is 1. The van der Waals surface area contributed by atoms with Crippen LogP contribution in [0.25, 0.3) is 0 Å². The molecule has 6 N–H and O–H groups in total. The lowest BCUT2D eigenvalue weighted by molar-refractivity contribution is 0.246. The summed E-state index contributed by atoms with van der Waals surface area (Å²) in [5.41, 5.74) is 12.8. The lowest BCUT2D eigenvalue weighted by Crippen LogP contribution is -2.39. The fourth-order valence-corrected chi connectivity index (χ4v) is 2.13. The SMILES string of the molecule is CCc1ccc(S(=O)(=O)NC(=O)NN=C(N)N)cc1. The lowest BCUT2D eigenvalue weighted by atomic mass is 10.2. The Morgan fingerprint density at radius 1 is 1.26 bits per heavy atom. The Bertz CT molecular complexity index is 576. The van der Waals surface area contributed by atoms with E-state index in [4.69, 9.17) is 11.5 Å². The van der Waals surface area contributed by atoms with E-state index in [2.05, 4.69) is 5.10 Å². The zero-order valence-electron chi connectivity index (χ0n) is 10.3. The zero-order valence-corrected chi connectivity index (χ0v) is 11.1. The number of hydrogen-bond acceptors (Lipinski definition) is 4. The summed E-state index contributed by atoms with van der Waals surface area (Å²) in [6, 6.07) is 5.11. The number of nitrogens with one attached hydrogen (secondary N) is 2. The van der Waals surface area contributed by atoms with Gasteiger partial charge in [0.25, 0.3) is 10.0 Å². The van der Waals surface area contributed by atoms with E-state index in [0.29, 0.717) is 0 Å². The molecule has 0 saturated heterocycles. The molecule has 0 aromatic heterocycles. The molecule has 0 saturated carbocycles. The van der Waals surface area contributed by atoms with Gasteiger partial charge in [-0.1, -0.05) is 19.1 Å². The van der Waals surface area contributed by atoms with Crippen LogP contribution >= 0.6 is 0 Å². The maximum atomic E-state index is 11.8. The van der Waals surface area contributed by atoms with Crippen molar-refractivity contribution in [2.45, 2.75) is 18.2 Å². The van der Waals surface area contributed by atoms with E-state index in [9.17, 15) is 13.2 Å². The molecular formula is C10H15N5O3S. The molecule has 0 radical (unpaired) electrons. The number of aryl methyl sites for hydroxylation is 1. The minimum absolute atomic E-state index is 0.0236. The van der Waals surface area contributed by atoms with Gasteiger partial charge in [0.15, 0.2) is 0 Å². The van der Waals surface area contributed by atoms with Crippen LogP contribution in [0.2, 0.25) is 0 Å². The summed E-state index contributed by atoms with van der Waals surface area (Å²) in [6.07, 6.45) is 0.790. The molecule has 0 unspecified atom stereocenters. The predicted octanol–water partition coefficient (Wildman–Crippen LogP) is -0.575. The second-order valence-corrected chi connectivity index (χ2v) is 5.26. The highest BCUT2D eigenvalue weighted by atomic mass is 32.2. The minimum Gasteiger partial charge on any atom is -0.369 e. The summed E-state index contributed by atoms with van der Waals surface area (Å²) in [4.78, 5) is 11.2. The van der Waals surface area contributed by atoms with Crippen molar-refractivity contribution < 1.29 is 13.2 Å². The Balaban J connectivity index is 2.80. The van der Waals surface area contributed by atoms with Gasteiger partial charge >= 0.3 is 6.03 Å². The van der Waals surface area contributed by atoms with Gasteiger partial charge in [-0.3, -0.25) is 0 Å². The van der Waals surface area contributed by atoms with Gasteiger partial charge in [-0.05, 0) is 24.1 Å². The molecule has 9 heteroatoms. The van der Waals surface area contributed by atoms with Crippen LogP contribution < -0.4 is 21.6 Å². The molecule has 0 heterocycles. The number of carbonyl (C=O) groups is 1. The number of nitrogens with zero attached hydrogens (tertiary/aromatic N) is 1. The number of nitrogens with two attached hydrogens (primary N) is 2. The highest BCUT2D eigenvalue weighted by molar-refractivity contribution is 7.90. The fourth-order valence-electron chi connectivity index (χ4n) is 1.22. The first-order chi connectivity index (χ1) is 8.85. The Labute approximate surface area is 110 Å². The highest BCUT2D eigenvalue weighted by Gasteiger charge is 2.16. The van der Waals surface area contributed by atoms with Gasteiger partial charge < -0.3 is 11.5 Å². The number of benzene rings is 1. The van der Waals surface area contributed by atoms with Crippen LogP contribution in [0, 0.1) is 0 Å². The van der Waals surface area contributed by atoms with Crippen molar-refractivity contribution in [2.75, 3.05) is 0 Å². The van der Waals surface area contributed by atoms with E-state index in [1.807, 2.05) is 12.3 Å². The zero-order chi connectivity index (χ0) is 14.5. The van der Waals surface area contributed by atoms with Crippen LogP contribution in [0.4, 0.5) is 4.79 Å². The molecule has 2 amide bonds. The molecule has 0 aliphatic carbocycles. The Hall–Kier alpha value is -2.29. The first kappa shape index (κ1) is 14.8. The van der Waals surface area contributed by atoms with Gasteiger partial charge in [-0.15, -0.1) is 5.10 Å². The summed E-state index contributed by atoms with van der Waals surface area (Å²) >= 11 is 0. The van der Waals surface area contributed by atoms with Crippen molar-refractivity contribution in [2.24, 2.45) is 16.6 Å². The standard InChI is InChI=1S/C10H15N5O3S/c1-2-7-3-5-8(6-4-7)19(17,18)15-10(16)14-13-9(11)12/h3-6H,2H2,1H3,(H4,11,12,13)(H2,14,15,16). The summed E-state index contributed by atoms with van der Waals surface area (Å²) in [7, 11) is -3.95. The van der Waals surface area contributed by atoms with Crippen molar-refractivity contribution >= 4 is 22.0 Å². The van der Waals surface area contributed by atoms with Crippen LogP contribution in [-0.2, 0) is 16.4 Å². The number of carbonyl (C=O) groups excluding carboxylic acids is 1. The average molecular weight is 285 g/mol. The van der Waals surface area contributed by atoms with Gasteiger partial charge in [-0.25, -0.2) is 23.4 Å². The van der Waals surface area contributed by atoms with E-state index >= 15 is 0 Å². The minimum atomic E-state index is -3.95. The second-order valence-electron chi connectivity index (χ2n) is 3.58. The number of amides is 2. The molecule has 0 aliphatic heterocycles. The van der Waals surface area contributed by atoms with E-state index in [1.54, 1.807) is 16.9 Å². The predicted molar refractivity (Wildman–Crippen MR) is 70.5 cm³/mol. The highest BCUT2D eigenvalue weighted by Crippen LogP contribution is 2.10. The molecule has 0 fully saturated rings. The monoisotopic (exact) mass is 285 g/mol. The van der Waals surface area contributed by atoms with Gasteiger partial charge in [0.1, 0.15) is 0 Å². The van der Waals surface area contributed by atoms with E-state index in [-0.39, 0.29) is 10.9 Å². The molecule has 0 atom stereocenters. The molecule has 1 rings (SSSR count). The maximum Gasteiger partial charge on any atom is 0.349 e. The number of urea groups is 1. The fraction of sp³-hybridized carbons (Fsp3) is 0.200. The molecule has 1 aromatic rings. The molecule has 19 heavy (non-hydrogen) atoms. The largest absolute Gasteiger partial charge is 0.369 e. The van der Waals surface area contributed by atoms with Gasteiger partial charge in [-0.2, -0.15) is 0 Å². The molecule has 104 valence electrons. The summed E-state index contributed by atoms with van der Waals surface area (Å²) in [6.45, 7) is 1.95. The first-order valence-corrected chi connectivity index (χ1v) is 6.84. The molecule has 0 spiro atoms. The molecular weight excluding hydrogens is 270 g/mol. The van der Waals surface area contributed by atoms with Gasteiger partial charge in [0, 0.05) is 0 Å². The Morgan fingerprint density at radius 2 is 1.84 bits per heavy atom. The van der Waals surface area contributed by atoms with E-state index < -0.39 is 16.1 Å². The van der Waals surface area contributed by atoms with Crippen LogP contribution in [0.3, 0.4) is 0 Å². The first-order valence-electron chi connectivity index (χ1n) is 5.35. The molecule has 8 nitrogen and oxygen atoms in total. The second kappa shape index (κ2) is 6.05. The quantitative estimate of drug-likeness (QED) is 0.333. The summed E-state index contributed by atoms with van der Waals surface area (Å²) < 4.78 is 25.4. The van der Waals surface area contributed by atoms with E-state index in [1.165, 1.54) is 12.1 Å². The van der Waals surface area contributed by atoms with Crippen molar-refractivity contribution in [3.63, 3.8) is 0 Å². The third-order valence-electron chi connectivity index (χ3n) is 2.16. The molecule has 1 aromatic carbocycles. The topological polar surface area (TPSA) is 140 Å². The average Bonchev–Trinajstić information content (AvgIpc) is 2.36. The summed E-state index contributed by atoms with van der Waals surface area (Å²) in [5.74, 6) is -0.389. The maximum absolute atomic E-state index is 11.8. The number of hydrogen-bond donors (Lipinski definition) is 4. The normalized spacial score (nSPS) is 10.6. The van der Waals surface area contributed by atoms with Crippen LogP contribution in [0.5, 0.6) is 0 Å². The molecule has 0 aliphatic rings. The molecule has 0 bridgehead atoms. The van der Waals surface area contributed by atoms with Crippen LogP contribution in [-0.4, -0.2) is 20.4 Å². The Kier molecular flexibility index (Phi) is 4.70. The number of rotatable bonds is 4. The van der Waals surface area contributed by atoms with Crippen molar-refractivity contribution in [1.82, 2.24) is 10.1 Å². The summed E-state index contributed by atoms with van der Waals surface area (Å²) in [5, 5.41) is 3.18. The third-order valence-corrected chi connectivity index (χ3v) is 3.50. The van der Waals surface area contributed by atoms with Crippen LogP contribution in [0.15, 0.2) is 34.3 Å². The van der Waals surface area contributed by atoms with Gasteiger partial charge in [0.2, 0.25) is 5.96 Å². The van der Waals surface area contributed by atoms with Gasteiger partial charge in [0.05, 0.1) is 4.90 Å². The third kappa shape index (κ3) is 4.47.